The number of carbonyl (C=O) groups excluding carboxylic acids is 2. The van der Waals surface area contributed by atoms with E-state index >= 15 is 0 Å². The summed E-state index contributed by atoms with van der Waals surface area (Å²) >= 11 is 12.8. The van der Waals surface area contributed by atoms with Gasteiger partial charge in [0.1, 0.15) is 22.8 Å². The average molecular weight is 542 g/mol. The number of pyridine rings is 1. The van der Waals surface area contributed by atoms with Crippen molar-refractivity contribution in [3.63, 3.8) is 0 Å². The molecule has 2 heterocycles. The van der Waals surface area contributed by atoms with Crippen LogP contribution in [0.1, 0.15) is 30.1 Å². The molecule has 192 valence electrons. The fraction of sp³-hybridized carbons (Fsp3) is 0.296. The van der Waals surface area contributed by atoms with Crippen molar-refractivity contribution in [2.24, 2.45) is 0 Å². The maximum Gasteiger partial charge on any atom is 0.344 e. The van der Waals surface area contributed by atoms with Gasteiger partial charge in [-0.3, -0.25) is 9.78 Å². The molecule has 1 amide bonds. The molecular weight excluding hydrogens is 517 g/mol. The number of benzene rings is 2. The number of anilines is 2. The van der Waals surface area contributed by atoms with Crippen LogP contribution in [0.4, 0.5) is 11.4 Å². The molecule has 0 bridgehead atoms. The van der Waals surface area contributed by atoms with E-state index in [-0.39, 0.29) is 40.7 Å². The molecule has 1 saturated carbocycles. The molecule has 0 saturated heterocycles. The Balaban J connectivity index is 1.38. The second-order valence-corrected chi connectivity index (χ2v) is 9.47. The van der Waals surface area contributed by atoms with Crippen LogP contribution in [0.3, 0.4) is 0 Å². The second kappa shape index (κ2) is 10.9. The van der Waals surface area contributed by atoms with E-state index in [1.165, 1.54) is 37.4 Å². The van der Waals surface area contributed by atoms with Crippen molar-refractivity contribution in [3.05, 3.63) is 70.5 Å². The predicted octanol–water partition coefficient (Wildman–Crippen LogP) is 5.75. The van der Waals surface area contributed by atoms with Crippen molar-refractivity contribution in [1.29, 1.82) is 0 Å². The van der Waals surface area contributed by atoms with Crippen molar-refractivity contribution >= 4 is 46.5 Å². The lowest BCUT2D eigenvalue weighted by atomic mass is 10.1. The zero-order valence-electron chi connectivity index (χ0n) is 20.2. The lowest BCUT2D eigenvalue weighted by Gasteiger charge is -2.38. The standard InChI is InChI=1S/C27H25Cl2N3O5/c1-2-35-26(33)16-36-24-13-20(29)25(14-19(24)28)37-23-9-10-30-15-18(23)27(34)32-12-11-31(17-7-8-17)21-5-3-4-6-22(21)32/h3-6,9-10,13-15,17H,2,7-8,11-12,16H2,1H3. The summed E-state index contributed by atoms with van der Waals surface area (Å²) in [5.41, 5.74) is 2.22. The number of halogens is 2. The lowest BCUT2D eigenvalue weighted by molar-refractivity contribution is -0.145. The monoisotopic (exact) mass is 541 g/mol. The van der Waals surface area contributed by atoms with Gasteiger partial charge in [-0.05, 0) is 38.0 Å². The Hall–Kier alpha value is -3.49. The molecular formula is C27H25Cl2N3O5. The Kier molecular flexibility index (Phi) is 7.39. The highest BCUT2D eigenvalue weighted by Crippen LogP contribution is 2.42. The quantitative estimate of drug-likeness (QED) is 0.335. The van der Waals surface area contributed by atoms with Crippen molar-refractivity contribution in [3.8, 4) is 17.2 Å². The molecule has 0 N–H and O–H groups in total. The van der Waals surface area contributed by atoms with Crippen LogP contribution in [0.15, 0.2) is 54.9 Å². The molecule has 0 unspecified atom stereocenters. The molecule has 0 spiro atoms. The van der Waals surface area contributed by atoms with E-state index in [0.717, 1.165) is 17.9 Å². The van der Waals surface area contributed by atoms with Crippen LogP contribution in [0.25, 0.3) is 0 Å². The molecule has 3 aromatic rings. The minimum absolute atomic E-state index is 0.191. The second-order valence-electron chi connectivity index (χ2n) is 8.65. The summed E-state index contributed by atoms with van der Waals surface area (Å²) in [6.45, 7) is 2.97. The first-order chi connectivity index (χ1) is 18.0. The van der Waals surface area contributed by atoms with Gasteiger partial charge >= 0.3 is 5.97 Å². The zero-order valence-corrected chi connectivity index (χ0v) is 21.7. The van der Waals surface area contributed by atoms with E-state index < -0.39 is 5.97 Å². The number of esters is 1. The third-order valence-electron chi connectivity index (χ3n) is 6.15. The van der Waals surface area contributed by atoms with Crippen LogP contribution >= 0.6 is 23.2 Å². The van der Waals surface area contributed by atoms with Gasteiger partial charge < -0.3 is 24.0 Å². The molecule has 5 rings (SSSR count). The largest absolute Gasteiger partial charge is 0.480 e. The normalized spacial score (nSPS) is 14.7. The van der Waals surface area contributed by atoms with E-state index in [9.17, 15) is 9.59 Å². The Labute approximate surface area is 224 Å². The summed E-state index contributed by atoms with van der Waals surface area (Å²) in [5, 5.41) is 0.387. The molecule has 0 atom stereocenters. The van der Waals surface area contributed by atoms with Crippen molar-refractivity contribution in [2.45, 2.75) is 25.8 Å². The SMILES string of the molecule is CCOC(=O)COc1cc(Cl)c(Oc2ccncc2C(=O)N2CCN(C3CC3)c3ccccc32)cc1Cl. The van der Waals surface area contributed by atoms with Gasteiger partial charge in [0, 0.05) is 43.7 Å². The van der Waals surface area contributed by atoms with Crippen molar-refractivity contribution in [2.75, 3.05) is 36.1 Å². The van der Waals surface area contributed by atoms with Crippen LogP contribution < -0.4 is 19.3 Å². The van der Waals surface area contributed by atoms with Crippen molar-refractivity contribution < 1.29 is 23.8 Å². The highest BCUT2D eigenvalue weighted by Gasteiger charge is 2.36. The van der Waals surface area contributed by atoms with Gasteiger partial charge in [0.25, 0.3) is 5.91 Å². The van der Waals surface area contributed by atoms with Crippen LogP contribution in [0.5, 0.6) is 17.2 Å². The maximum atomic E-state index is 13.7. The van der Waals surface area contributed by atoms with Gasteiger partial charge in [0.15, 0.2) is 6.61 Å². The third-order valence-corrected chi connectivity index (χ3v) is 6.74. The molecule has 2 aliphatic rings. The van der Waals surface area contributed by atoms with Gasteiger partial charge in [-0.1, -0.05) is 35.3 Å². The number of carbonyl (C=O) groups is 2. The maximum absolute atomic E-state index is 13.7. The molecule has 0 radical (unpaired) electrons. The first-order valence-corrected chi connectivity index (χ1v) is 12.8. The summed E-state index contributed by atoms with van der Waals surface area (Å²) in [6, 6.07) is 13.0. The first kappa shape index (κ1) is 25.2. The number of amides is 1. The molecule has 1 aromatic heterocycles. The minimum atomic E-state index is -0.519. The molecule has 8 nitrogen and oxygen atoms in total. The van der Waals surface area contributed by atoms with Gasteiger partial charge in [-0.25, -0.2) is 4.79 Å². The van der Waals surface area contributed by atoms with Crippen LogP contribution in [-0.2, 0) is 9.53 Å². The summed E-state index contributed by atoms with van der Waals surface area (Å²) < 4.78 is 16.3. The highest BCUT2D eigenvalue weighted by atomic mass is 35.5. The number of nitrogens with zero attached hydrogens (tertiary/aromatic N) is 3. The van der Waals surface area contributed by atoms with E-state index in [1.807, 2.05) is 18.2 Å². The van der Waals surface area contributed by atoms with E-state index in [0.29, 0.717) is 23.9 Å². The van der Waals surface area contributed by atoms with E-state index in [4.69, 9.17) is 37.4 Å². The van der Waals surface area contributed by atoms with Gasteiger partial charge in [-0.15, -0.1) is 0 Å². The van der Waals surface area contributed by atoms with Gasteiger partial charge in [0.05, 0.1) is 28.0 Å². The number of hydrogen-bond acceptors (Lipinski definition) is 7. The summed E-state index contributed by atoms with van der Waals surface area (Å²) in [6.07, 6.45) is 5.38. The molecule has 1 aliphatic heterocycles. The smallest absolute Gasteiger partial charge is 0.344 e. The Morgan fingerprint density at radius 2 is 1.73 bits per heavy atom. The molecule has 10 heteroatoms. The fourth-order valence-electron chi connectivity index (χ4n) is 4.29. The van der Waals surface area contributed by atoms with E-state index in [2.05, 4.69) is 16.0 Å². The summed E-state index contributed by atoms with van der Waals surface area (Å²) in [5.74, 6) is -0.00467. The third kappa shape index (κ3) is 5.45. The number of para-hydroxylation sites is 2. The molecule has 1 aliphatic carbocycles. The zero-order chi connectivity index (χ0) is 25.9. The predicted molar refractivity (Wildman–Crippen MR) is 141 cm³/mol. The number of aromatic nitrogens is 1. The number of hydrogen-bond donors (Lipinski definition) is 0. The Morgan fingerprint density at radius 3 is 2.49 bits per heavy atom. The number of ether oxygens (including phenoxy) is 3. The Bertz CT molecular complexity index is 1330. The summed E-state index contributed by atoms with van der Waals surface area (Å²) in [7, 11) is 0. The first-order valence-electron chi connectivity index (χ1n) is 12.0. The Morgan fingerprint density at radius 1 is 1.00 bits per heavy atom. The minimum Gasteiger partial charge on any atom is -0.480 e. The van der Waals surface area contributed by atoms with Crippen LogP contribution in [0, 0.1) is 0 Å². The van der Waals surface area contributed by atoms with Gasteiger partial charge in [0.2, 0.25) is 0 Å². The molecule has 37 heavy (non-hydrogen) atoms. The highest BCUT2D eigenvalue weighted by molar-refractivity contribution is 6.35. The van der Waals surface area contributed by atoms with Gasteiger partial charge in [-0.2, -0.15) is 0 Å². The average Bonchev–Trinajstić information content (AvgIpc) is 3.75. The van der Waals surface area contributed by atoms with Crippen molar-refractivity contribution in [1.82, 2.24) is 4.98 Å². The van der Waals surface area contributed by atoms with E-state index in [1.54, 1.807) is 17.9 Å². The molecule has 2 aromatic carbocycles. The number of fused-ring (bicyclic) bond motifs is 1. The summed E-state index contributed by atoms with van der Waals surface area (Å²) in [4.78, 5) is 33.6. The van der Waals surface area contributed by atoms with Crippen LogP contribution in [-0.4, -0.2) is 49.2 Å². The topological polar surface area (TPSA) is 81.2 Å². The number of rotatable bonds is 8. The van der Waals surface area contributed by atoms with Crippen LogP contribution in [0.2, 0.25) is 10.0 Å². The fourth-order valence-corrected chi connectivity index (χ4v) is 4.69. The lowest BCUT2D eigenvalue weighted by Crippen LogP contribution is -2.45. The molecule has 1 fully saturated rings.